The molecule has 0 nitrogen and oxygen atoms in total. The molecule has 0 aliphatic rings. The van der Waals surface area contributed by atoms with Crippen molar-refractivity contribution in [3.63, 3.8) is 0 Å². The first-order valence-electron chi connectivity index (χ1n) is 11.2. The summed E-state index contributed by atoms with van der Waals surface area (Å²) in [6.07, 6.45) is 3.64. The molecule has 0 aromatic heterocycles. The van der Waals surface area contributed by atoms with Crippen LogP contribution < -0.4 is 13.1 Å². The summed E-state index contributed by atoms with van der Waals surface area (Å²) < 4.78 is 4.59. The number of thioether (sulfide) groups is 3. The van der Waals surface area contributed by atoms with Crippen LogP contribution in [0.2, 0.25) is 0 Å². The van der Waals surface area contributed by atoms with Crippen LogP contribution in [0.25, 0.3) is 0 Å². The van der Waals surface area contributed by atoms with Gasteiger partial charge in [-0.1, -0.05) is 0 Å². The van der Waals surface area contributed by atoms with Crippen LogP contribution in [-0.2, 0) is 0 Å². The molecule has 0 spiro atoms. The molecule has 0 heterocycles. The van der Waals surface area contributed by atoms with Gasteiger partial charge < -0.3 is 0 Å². The SMILES string of the molecule is CCCSc1cccc([As](c2cccc(SCCC)c2)c2cccc(SCCC)c2)c1. The number of hydrogen-bond acceptors (Lipinski definition) is 3. The van der Waals surface area contributed by atoms with Gasteiger partial charge in [-0.15, -0.1) is 0 Å². The van der Waals surface area contributed by atoms with Gasteiger partial charge in [0.2, 0.25) is 0 Å². The maximum atomic E-state index is 2.47. The number of benzene rings is 3. The fourth-order valence-corrected chi connectivity index (χ4v) is 11.3. The molecule has 0 atom stereocenters. The Hall–Kier alpha value is -0.732. The van der Waals surface area contributed by atoms with E-state index in [1.807, 2.05) is 35.3 Å². The van der Waals surface area contributed by atoms with Gasteiger partial charge in [-0.05, 0) is 0 Å². The molecule has 3 aromatic carbocycles. The van der Waals surface area contributed by atoms with E-state index in [1.165, 1.54) is 64.3 Å². The monoisotopic (exact) mass is 528 g/mol. The maximum absolute atomic E-state index is 2.47. The van der Waals surface area contributed by atoms with Crippen LogP contribution in [0.15, 0.2) is 87.5 Å². The summed E-state index contributed by atoms with van der Waals surface area (Å²) in [5, 5.41) is 0. The Balaban J connectivity index is 2.03. The number of rotatable bonds is 12. The Kier molecular flexibility index (Phi) is 11.0. The second-order valence-corrected chi connectivity index (χ2v) is 15.5. The fourth-order valence-electron chi connectivity index (χ4n) is 3.24. The summed E-state index contributed by atoms with van der Waals surface area (Å²) in [6, 6.07) is 28.1. The van der Waals surface area contributed by atoms with Crippen LogP contribution in [0.3, 0.4) is 0 Å². The zero-order valence-corrected chi connectivity index (χ0v) is 23.2. The van der Waals surface area contributed by atoms with Crippen LogP contribution >= 0.6 is 35.3 Å². The third kappa shape index (κ3) is 7.67. The van der Waals surface area contributed by atoms with Crippen LogP contribution in [0.1, 0.15) is 40.0 Å². The zero-order chi connectivity index (χ0) is 21.9. The van der Waals surface area contributed by atoms with E-state index in [0.717, 1.165) is 0 Å². The third-order valence-corrected chi connectivity index (χ3v) is 13.2. The Morgan fingerprint density at radius 3 is 1.13 bits per heavy atom. The van der Waals surface area contributed by atoms with Crippen molar-refractivity contribution in [2.24, 2.45) is 0 Å². The first-order valence-corrected chi connectivity index (χ1v) is 17.0. The van der Waals surface area contributed by atoms with Gasteiger partial charge in [-0.25, -0.2) is 0 Å². The summed E-state index contributed by atoms with van der Waals surface area (Å²) in [7, 11) is 0. The molecule has 0 unspecified atom stereocenters. The second kappa shape index (κ2) is 13.7. The predicted octanol–water partition coefficient (Wildman–Crippen LogP) is 6.71. The molecule has 0 saturated heterocycles. The summed E-state index contributed by atoms with van der Waals surface area (Å²) >= 11 is 4.33. The molecule has 4 heteroatoms. The zero-order valence-electron chi connectivity index (χ0n) is 18.8. The van der Waals surface area contributed by atoms with E-state index in [1.54, 1.807) is 0 Å². The molecular weight excluding hydrogens is 495 g/mol. The van der Waals surface area contributed by atoms with Crippen molar-refractivity contribution in [1.29, 1.82) is 0 Å². The minimum absolute atomic E-state index is 1.18. The van der Waals surface area contributed by atoms with Gasteiger partial charge in [0, 0.05) is 0 Å². The van der Waals surface area contributed by atoms with Gasteiger partial charge in [-0.3, -0.25) is 0 Å². The van der Waals surface area contributed by atoms with Gasteiger partial charge in [0.1, 0.15) is 0 Å². The molecule has 0 aliphatic carbocycles. The van der Waals surface area contributed by atoms with Crippen LogP contribution in [0, 0.1) is 0 Å². The molecule has 0 saturated carbocycles. The normalized spacial score (nSPS) is 11.2. The van der Waals surface area contributed by atoms with Gasteiger partial charge in [-0.2, -0.15) is 0 Å². The molecular formula is C27H33AsS3. The van der Waals surface area contributed by atoms with E-state index < -0.39 is 14.7 Å². The molecule has 0 aliphatic heterocycles. The average molecular weight is 529 g/mol. The first kappa shape index (κ1) is 24.9. The van der Waals surface area contributed by atoms with E-state index in [4.69, 9.17) is 0 Å². The van der Waals surface area contributed by atoms with E-state index >= 15 is 0 Å². The molecule has 0 fully saturated rings. The third-order valence-electron chi connectivity index (χ3n) is 4.65. The standard InChI is InChI=1S/C27H33AsS3/c1-4-16-29-25-13-7-10-22(19-25)28(23-11-8-14-26(20-23)30-17-5-2)24-12-9-15-27(21-24)31-18-6-3/h7-15,19-21H,4-6,16-18H2,1-3H3. The van der Waals surface area contributed by atoms with Crippen LogP contribution in [0.4, 0.5) is 0 Å². The first-order chi connectivity index (χ1) is 15.2. The van der Waals surface area contributed by atoms with Gasteiger partial charge >= 0.3 is 208 Å². The molecule has 0 radical (unpaired) electrons. The van der Waals surface area contributed by atoms with Gasteiger partial charge in [0.25, 0.3) is 0 Å². The van der Waals surface area contributed by atoms with Crippen molar-refractivity contribution < 1.29 is 0 Å². The van der Waals surface area contributed by atoms with Crippen molar-refractivity contribution in [1.82, 2.24) is 0 Å². The van der Waals surface area contributed by atoms with Crippen molar-refractivity contribution in [2.75, 3.05) is 17.3 Å². The Morgan fingerprint density at radius 1 is 0.516 bits per heavy atom. The summed E-state index contributed by atoms with van der Waals surface area (Å²) in [5.41, 5.74) is 0. The summed E-state index contributed by atoms with van der Waals surface area (Å²) in [5.74, 6) is 3.55. The van der Waals surface area contributed by atoms with Crippen molar-refractivity contribution in [3.8, 4) is 0 Å². The molecule has 31 heavy (non-hydrogen) atoms. The Labute approximate surface area is 206 Å². The fraction of sp³-hybridized carbons (Fsp3) is 0.333. The van der Waals surface area contributed by atoms with E-state index in [2.05, 4.69) is 93.6 Å². The quantitative estimate of drug-likeness (QED) is 0.189. The van der Waals surface area contributed by atoms with Crippen molar-refractivity contribution in [3.05, 3.63) is 72.8 Å². The number of hydrogen-bond donors (Lipinski definition) is 0. The van der Waals surface area contributed by atoms with Crippen LogP contribution in [-0.4, -0.2) is 31.9 Å². The Bertz CT molecular complexity index is 819. The van der Waals surface area contributed by atoms with E-state index in [-0.39, 0.29) is 0 Å². The van der Waals surface area contributed by atoms with E-state index in [9.17, 15) is 0 Å². The average Bonchev–Trinajstić information content (AvgIpc) is 2.81. The summed E-state index contributed by atoms with van der Waals surface area (Å²) in [4.78, 5) is 4.23. The topological polar surface area (TPSA) is 0 Å². The molecule has 0 bridgehead atoms. The minimum atomic E-state index is -1.62. The predicted molar refractivity (Wildman–Crippen MR) is 147 cm³/mol. The van der Waals surface area contributed by atoms with E-state index in [0.29, 0.717) is 0 Å². The molecule has 0 amide bonds. The summed E-state index contributed by atoms with van der Waals surface area (Å²) in [6.45, 7) is 6.77. The molecule has 3 aromatic rings. The van der Waals surface area contributed by atoms with Gasteiger partial charge in [0.15, 0.2) is 0 Å². The van der Waals surface area contributed by atoms with Crippen LogP contribution in [0.5, 0.6) is 0 Å². The molecule has 3 rings (SSSR count). The van der Waals surface area contributed by atoms with Crippen molar-refractivity contribution in [2.45, 2.75) is 54.7 Å². The van der Waals surface area contributed by atoms with Gasteiger partial charge in [0.05, 0.1) is 0 Å². The molecule has 164 valence electrons. The Morgan fingerprint density at radius 2 is 0.839 bits per heavy atom. The second-order valence-electron chi connectivity index (χ2n) is 7.37. The molecule has 0 N–H and O–H groups in total. The van der Waals surface area contributed by atoms with Crippen molar-refractivity contribution >= 4 is 63.0 Å².